The van der Waals surface area contributed by atoms with E-state index in [1.165, 1.54) is 0 Å². The van der Waals surface area contributed by atoms with E-state index in [-0.39, 0.29) is 0 Å². The summed E-state index contributed by atoms with van der Waals surface area (Å²) in [5.41, 5.74) is 1.02. The van der Waals surface area contributed by atoms with Gasteiger partial charge in [0.2, 0.25) is 0 Å². The van der Waals surface area contributed by atoms with Gasteiger partial charge in [-0.2, -0.15) is 10.4 Å². The minimum Gasteiger partial charge on any atom is -0.243 e. The van der Waals surface area contributed by atoms with Crippen LogP contribution >= 0.6 is 0 Å². The van der Waals surface area contributed by atoms with Crippen LogP contribution in [0.5, 0.6) is 0 Å². The predicted molar refractivity (Wildman–Crippen MR) is 53.3 cm³/mol. The third-order valence-electron chi connectivity index (χ3n) is 2.00. The smallest absolute Gasteiger partial charge is 0.166 e. The first kappa shape index (κ1) is 9.34. The highest BCUT2D eigenvalue weighted by molar-refractivity contribution is 5.43. The van der Waals surface area contributed by atoms with Crippen molar-refractivity contribution in [2.24, 2.45) is 0 Å². The molecule has 0 amide bonds. The molecule has 2 heterocycles. The van der Waals surface area contributed by atoms with Gasteiger partial charge in [-0.3, -0.25) is 0 Å². The van der Waals surface area contributed by atoms with Crippen LogP contribution in [0.25, 0.3) is 5.69 Å². The maximum Gasteiger partial charge on any atom is 0.166 e. The highest BCUT2D eigenvalue weighted by Crippen LogP contribution is 2.11. The number of aromatic nitrogens is 4. The Morgan fingerprint density at radius 3 is 2.80 bits per heavy atom. The summed E-state index contributed by atoms with van der Waals surface area (Å²) in [6.45, 7) is 3.65. The summed E-state index contributed by atoms with van der Waals surface area (Å²) in [5, 5.41) is 13.1. The zero-order valence-electron chi connectivity index (χ0n) is 8.47. The summed E-state index contributed by atoms with van der Waals surface area (Å²) in [6, 6.07) is 5.60. The molecule has 0 fully saturated rings. The molecule has 0 aromatic carbocycles. The van der Waals surface area contributed by atoms with Crippen molar-refractivity contribution in [3.63, 3.8) is 0 Å². The van der Waals surface area contributed by atoms with E-state index >= 15 is 0 Å². The van der Waals surface area contributed by atoms with Crippen molar-refractivity contribution in [3.8, 4) is 11.8 Å². The van der Waals surface area contributed by atoms with Crippen molar-refractivity contribution >= 4 is 0 Å². The average Bonchev–Trinajstić information content (AvgIpc) is 2.57. The summed E-state index contributed by atoms with van der Waals surface area (Å²) >= 11 is 0. The van der Waals surface area contributed by atoms with Crippen molar-refractivity contribution in [1.29, 1.82) is 5.26 Å². The third kappa shape index (κ3) is 1.57. The van der Waals surface area contributed by atoms with Crippen LogP contribution in [-0.4, -0.2) is 19.7 Å². The van der Waals surface area contributed by atoms with E-state index in [0.717, 1.165) is 5.82 Å². The molecule has 0 N–H and O–H groups in total. The number of pyridine rings is 1. The molecule has 0 bridgehead atoms. The van der Waals surface area contributed by atoms with Gasteiger partial charge in [-0.1, -0.05) is 0 Å². The Balaban J connectivity index is 2.64. The number of nitrogens with zero attached hydrogens (tertiary/aromatic N) is 5. The molecule has 0 spiro atoms. The van der Waals surface area contributed by atoms with Gasteiger partial charge in [0.1, 0.15) is 23.4 Å². The van der Waals surface area contributed by atoms with Crippen molar-refractivity contribution < 1.29 is 0 Å². The number of rotatable bonds is 1. The fraction of sp³-hybridized carbons (Fsp3) is 0.200. The predicted octanol–water partition coefficient (Wildman–Crippen LogP) is 1.15. The van der Waals surface area contributed by atoms with E-state index < -0.39 is 0 Å². The normalized spacial score (nSPS) is 9.93. The van der Waals surface area contributed by atoms with Crippen LogP contribution < -0.4 is 0 Å². The Bertz CT molecular complexity index is 535. The molecule has 0 unspecified atom stereocenters. The second-order valence-electron chi connectivity index (χ2n) is 3.10. The summed E-state index contributed by atoms with van der Waals surface area (Å²) in [7, 11) is 0. The van der Waals surface area contributed by atoms with Crippen molar-refractivity contribution in [2.45, 2.75) is 13.8 Å². The second-order valence-corrected chi connectivity index (χ2v) is 3.10. The van der Waals surface area contributed by atoms with Gasteiger partial charge in [-0.15, -0.1) is 0 Å². The van der Waals surface area contributed by atoms with Crippen LogP contribution in [0, 0.1) is 25.2 Å². The van der Waals surface area contributed by atoms with Crippen LogP contribution in [0.3, 0.4) is 0 Å². The van der Waals surface area contributed by atoms with Gasteiger partial charge in [0.25, 0.3) is 0 Å². The van der Waals surface area contributed by atoms with Crippen LogP contribution in [0.15, 0.2) is 18.3 Å². The van der Waals surface area contributed by atoms with E-state index in [9.17, 15) is 0 Å². The molecule has 2 aromatic heterocycles. The monoisotopic (exact) mass is 199 g/mol. The van der Waals surface area contributed by atoms with E-state index in [4.69, 9.17) is 5.26 Å². The number of hydrogen-bond acceptors (Lipinski definition) is 4. The van der Waals surface area contributed by atoms with Crippen molar-refractivity contribution in [2.75, 3.05) is 0 Å². The van der Waals surface area contributed by atoms with Gasteiger partial charge in [0, 0.05) is 6.20 Å². The Kier molecular flexibility index (Phi) is 2.18. The quantitative estimate of drug-likeness (QED) is 0.691. The van der Waals surface area contributed by atoms with Gasteiger partial charge >= 0.3 is 0 Å². The lowest BCUT2D eigenvalue weighted by Gasteiger charge is -2.03. The highest BCUT2D eigenvalue weighted by Gasteiger charge is 2.09. The Morgan fingerprint density at radius 1 is 1.40 bits per heavy atom. The average molecular weight is 199 g/mol. The molecule has 74 valence electrons. The van der Waals surface area contributed by atoms with Crippen molar-refractivity contribution in [1.82, 2.24) is 19.7 Å². The molecule has 5 nitrogen and oxygen atoms in total. The lowest BCUT2D eigenvalue weighted by atomic mass is 10.3. The van der Waals surface area contributed by atoms with Crippen LogP contribution in [0.2, 0.25) is 0 Å². The Labute approximate surface area is 87.0 Å². The minimum atomic E-state index is 0.352. The number of hydrogen-bond donors (Lipinski definition) is 0. The fourth-order valence-corrected chi connectivity index (χ4v) is 1.40. The van der Waals surface area contributed by atoms with E-state index in [1.54, 1.807) is 23.0 Å². The summed E-state index contributed by atoms with van der Waals surface area (Å²) in [5.74, 6) is 1.43. The molecule has 0 saturated heterocycles. The molecule has 15 heavy (non-hydrogen) atoms. The fourth-order valence-electron chi connectivity index (χ4n) is 1.40. The van der Waals surface area contributed by atoms with E-state index in [0.29, 0.717) is 17.2 Å². The first-order valence-corrected chi connectivity index (χ1v) is 4.48. The summed E-state index contributed by atoms with van der Waals surface area (Å²) < 4.78 is 1.63. The van der Waals surface area contributed by atoms with Crippen LogP contribution in [0.4, 0.5) is 0 Å². The van der Waals surface area contributed by atoms with E-state index in [1.807, 2.05) is 19.9 Å². The minimum absolute atomic E-state index is 0.352. The van der Waals surface area contributed by atoms with Gasteiger partial charge in [-0.05, 0) is 26.0 Å². The second kappa shape index (κ2) is 3.50. The van der Waals surface area contributed by atoms with Gasteiger partial charge in [0.15, 0.2) is 5.69 Å². The molecule has 2 rings (SSSR count). The number of nitriles is 1. The first-order chi connectivity index (χ1) is 7.22. The van der Waals surface area contributed by atoms with Crippen molar-refractivity contribution in [3.05, 3.63) is 35.7 Å². The molecular formula is C10H9N5. The topological polar surface area (TPSA) is 67.4 Å². The summed E-state index contributed by atoms with van der Waals surface area (Å²) in [6.07, 6.45) is 1.58. The largest absolute Gasteiger partial charge is 0.243 e. The molecule has 2 aromatic rings. The summed E-state index contributed by atoms with van der Waals surface area (Å²) in [4.78, 5) is 8.15. The lowest BCUT2D eigenvalue weighted by molar-refractivity contribution is 0.822. The first-order valence-electron chi connectivity index (χ1n) is 4.48. The molecule has 0 radical (unpaired) electrons. The molecule has 0 aliphatic rings. The number of aryl methyl sites for hydroxylation is 2. The molecule has 0 saturated carbocycles. The Hall–Kier alpha value is -2.22. The molecule has 0 aliphatic carbocycles. The molecule has 0 aliphatic heterocycles. The van der Waals surface area contributed by atoms with E-state index in [2.05, 4.69) is 15.1 Å². The van der Waals surface area contributed by atoms with Gasteiger partial charge < -0.3 is 0 Å². The molecular weight excluding hydrogens is 190 g/mol. The zero-order chi connectivity index (χ0) is 10.8. The molecule has 0 atom stereocenters. The zero-order valence-corrected chi connectivity index (χ0v) is 8.47. The standard InChI is InChI=1S/C10H9N5/c1-7-13-8(2)15(14-7)10-4-3-5-12-9(10)6-11/h3-5H,1-2H3. The van der Waals surface area contributed by atoms with Crippen LogP contribution in [-0.2, 0) is 0 Å². The maximum atomic E-state index is 8.90. The lowest BCUT2D eigenvalue weighted by Crippen LogP contribution is -2.03. The maximum absolute atomic E-state index is 8.90. The highest BCUT2D eigenvalue weighted by atomic mass is 15.3. The van der Waals surface area contributed by atoms with Crippen LogP contribution in [0.1, 0.15) is 17.3 Å². The van der Waals surface area contributed by atoms with Gasteiger partial charge in [0.05, 0.1) is 0 Å². The molecule has 5 heteroatoms. The third-order valence-corrected chi connectivity index (χ3v) is 2.00. The van der Waals surface area contributed by atoms with Gasteiger partial charge in [-0.25, -0.2) is 14.6 Å². The SMILES string of the molecule is Cc1nc(C)n(-c2cccnc2C#N)n1. The Morgan fingerprint density at radius 2 is 2.20 bits per heavy atom.